The van der Waals surface area contributed by atoms with Crippen molar-refractivity contribution in [2.45, 2.75) is 40.0 Å². The number of ether oxygens (including phenoxy) is 1. The number of hydrogen-bond donors (Lipinski definition) is 0. The van der Waals surface area contributed by atoms with Gasteiger partial charge in [0.15, 0.2) is 0 Å². The fraction of sp³-hybridized carbons (Fsp3) is 0.846. The minimum Gasteiger partial charge on any atom is -0.465 e. The number of esters is 1. The Hall–Kier alpha value is -1.06. The van der Waals surface area contributed by atoms with Crippen LogP contribution < -0.4 is 0 Å². The zero-order valence-electron chi connectivity index (χ0n) is 11.7. The van der Waals surface area contributed by atoms with Crippen LogP contribution in [0.4, 0.5) is 0 Å². The molecule has 1 amide bonds. The van der Waals surface area contributed by atoms with Crippen LogP contribution in [0.1, 0.15) is 40.0 Å². The molecule has 100 valence electrons. The second-order valence-electron chi connectivity index (χ2n) is 4.87. The van der Waals surface area contributed by atoms with E-state index in [0.29, 0.717) is 25.4 Å². The Bertz CT molecular complexity index is 251. The number of rotatable bonds is 7. The first-order valence-electron chi connectivity index (χ1n) is 6.25. The molecule has 0 N–H and O–H groups in total. The lowest BCUT2D eigenvalue weighted by Gasteiger charge is -2.16. The van der Waals surface area contributed by atoms with Crippen LogP contribution in [0.2, 0.25) is 0 Å². The molecular weight excluding hydrogens is 218 g/mol. The van der Waals surface area contributed by atoms with Crippen molar-refractivity contribution in [1.82, 2.24) is 4.90 Å². The normalized spacial score (nSPS) is 13.9. The Morgan fingerprint density at radius 3 is 2.29 bits per heavy atom. The van der Waals surface area contributed by atoms with Gasteiger partial charge in [0.25, 0.3) is 0 Å². The quantitative estimate of drug-likeness (QED) is 0.643. The molecule has 0 heterocycles. The lowest BCUT2D eigenvalue weighted by molar-refractivity contribution is -0.145. The van der Waals surface area contributed by atoms with E-state index >= 15 is 0 Å². The largest absolute Gasteiger partial charge is 0.465 e. The first-order valence-corrected chi connectivity index (χ1v) is 6.25. The highest BCUT2D eigenvalue weighted by atomic mass is 16.5. The number of amides is 1. The summed E-state index contributed by atoms with van der Waals surface area (Å²) in [5, 5.41) is 0. The topological polar surface area (TPSA) is 46.6 Å². The van der Waals surface area contributed by atoms with E-state index in [1.54, 1.807) is 19.0 Å². The van der Waals surface area contributed by atoms with Gasteiger partial charge >= 0.3 is 5.97 Å². The highest BCUT2D eigenvalue weighted by molar-refractivity contribution is 5.78. The van der Waals surface area contributed by atoms with Gasteiger partial charge in [0.1, 0.15) is 0 Å². The first-order chi connectivity index (χ1) is 7.88. The standard InChI is InChI=1S/C13H25NO3/c1-6-10(2)9-17-12(15)8-7-11(3)13(16)14(4)5/h10-11H,6-9H2,1-5H3. The van der Waals surface area contributed by atoms with Gasteiger partial charge in [-0.05, 0) is 12.3 Å². The molecule has 17 heavy (non-hydrogen) atoms. The monoisotopic (exact) mass is 243 g/mol. The molecule has 2 atom stereocenters. The average molecular weight is 243 g/mol. The molecule has 0 aliphatic carbocycles. The van der Waals surface area contributed by atoms with Gasteiger partial charge in [0, 0.05) is 26.4 Å². The van der Waals surface area contributed by atoms with Crippen LogP contribution in [0.25, 0.3) is 0 Å². The predicted molar refractivity (Wildman–Crippen MR) is 67.5 cm³/mol. The van der Waals surface area contributed by atoms with Crippen LogP contribution in [0.15, 0.2) is 0 Å². The molecule has 0 aliphatic heterocycles. The summed E-state index contributed by atoms with van der Waals surface area (Å²) in [4.78, 5) is 24.5. The molecule has 0 spiro atoms. The number of carbonyl (C=O) groups excluding carboxylic acids is 2. The van der Waals surface area contributed by atoms with Gasteiger partial charge in [-0.2, -0.15) is 0 Å². The SMILES string of the molecule is CCC(C)COC(=O)CCC(C)C(=O)N(C)C. The van der Waals surface area contributed by atoms with Crippen molar-refractivity contribution in [2.24, 2.45) is 11.8 Å². The summed E-state index contributed by atoms with van der Waals surface area (Å²) in [5.41, 5.74) is 0. The van der Waals surface area contributed by atoms with Gasteiger partial charge in [-0.1, -0.05) is 27.2 Å². The van der Waals surface area contributed by atoms with Crippen molar-refractivity contribution >= 4 is 11.9 Å². The van der Waals surface area contributed by atoms with Gasteiger partial charge in [0.05, 0.1) is 6.61 Å². The van der Waals surface area contributed by atoms with Gasteiger partial charge < -0.3 is 9.64 Å². The van der Waals surface area contributed by atoms with Crippen LogP contribution in [-0.4, -0.2) is 37.5 Å². The molecule has 0 aromatic heterocycles. The Kier molecular flexibility index (Phi) is 7.59. The maximum absolute atomic E-state index is 11.5. The summed E-state index contributed by atoms with van der Waals surface area (Å²) in [6.45, 7) is 6.43. The molecule has 0 rings (SSSR count). The van der Waals surface area contributed by atoms with Gasteiger partial charge in [0.2, 0.25) is 5.91 Å². The molecule has 0 fully saturated rings. The highest BCUT2D eigenvalue weighted by Crippen LogP contribution is 2.10. The Balaban J connectivity index is 3.80. The van der Waals surface area contributed by atoms with Crippen molar-refractivity contribution in [3.05, 3.63) is 0 Å². The zero-order chi connectivity index (χ0) is 13.4. The summed E-state index contributed by atoms with van der Waals surface area (Å²) < 4.78 is 5.12. The maximum atomic E-state index is 11.5. The van der Waals surface area contributed by atoms with Gasteiger partial charge in [-0.15, -0.1) is 0 Å². The van der Waals surface area contributed by atoms with Crippen LogP contribution in [0, 0.1) is 11.8 Å². The molecule has 0 aromatic rings. The molecule has 0 saturated heterocycles. The second-order valence-corrected chi connectivity index (χ2v) is 4.87. The van der Waals surface area contributed by atoms with Gasteiger partial charge in [-0.25, -0.2) is 0 Å². The van der Waals surface area contributed by atoms with Crippen LogP contribution in [-0.2, 0) is 14.3 Å². The third kappa shape index (κ3) is 6.97. The van der Waals surface area contributed by atoms with E-state index in [0.717, 1.165) is 6.42 Å². The van der Waals surface area contributed by atoms with E-state index in [-0.39, 0.29) is 17.8 Å². The minimum absolute atomic E-state index is 0.0553. The van der Waals surface area contributed by atoms with Crippen molar-refractivity contribution < 1.29 is 14.3 Å². The summed E-state index contributed by atoms with van der Waals surface area (Å²) in [7, 11) is 3.44. The highest BCUT2D eigenvalue weighted by Gasteiger charge is 2.16. The summed E-state index contributed by atoms with van der Waals surface area (Å²) in [5.74, 6) is 0.129. The summed E-state index contributed by atoms with van der Waals surface area (Å²) in [6, 6.07) is 0. The van der Waals surface area contributed by atoms with E-state index < -0.39 is 0 Å². The average Bonchev–Trinajstić information content (AvgIpc) is 2.31. The summed E-state index contributed by atoms with van der Waals surface area (Å²) in [6.07, 6.45) is 1.87. The van der Waals surface area contributed by atoms with Crippen molar-refractivity contribution in [1.29, 1.82) is 0 Å². The molecular formula is C13H25NO3. The lowest BCUT2D eigenvalue weighted by atomic mass is 10.0. The van der Waals surface area contributed by atoms with E-state index in [2.05, 4.69) is 6.92 Å². The van der Waals surface area contributed by atoms with E-state index in [9.17, 15) is 9.59 Å². The third-order valence-corrected chi connectivity index (χ3v) is 2.87. The van der Waals surface area contributed by atoms with Crippen molar-refractivity contribution in [3.63, 3.8) is 0 Å². The van der Waals surface area contributed by atoms with Crippen molar-refractivity contribution in [2.75, 3.05) is 20.7 Å². The molecule has 0 radical (unpaired) electrons. The van der Waals surface area contributed by atoms with Crippen molar-refractivity contribution in [3.8, 4) is 0 Å². The summed E-state index contributed by atoms with van der Waals surface area (Å²) >= 11 is 0. The van der Waals surface area contributed by atoms with Crippen LogP contribution in [0.3, 0.4) is 0 Å². The van der Waals surface area contributed by atoms with Crippen LogP contribution in [0.5, 0.6) is 0 Å². The van der Waals surface area contributed by atoms with Gasteiger partial charge in [-0.3, -0.25) is 9.59 Å². The third-order valence-electron chi connectivity index (χ3n) is 2.87. The fourth-order valence-electron chi connectivity index (χ4n) is 1.32. The molecule has 4 nitrogen and oxygen atoms in total. The molecule has 0 saturated carbocycles. The second kappa shape index (κ2) is 8.09. The maximum Gasteiger partial charge on any atom is 0.305 e. The molecule has 4 heteroatoms. The minimum atomic E-state index is -0.205. The Labute approximate surface area is 104 Å². The smallest absolute Gasteiger partial charge is 0.305 e. The van der Waals surface area contributed by atoms with E-state index in [1.807, 2.05) is 13.8 Å². The Morgan fingerprint density at radius 2 is 1.82 bits per heavy atom. The Morgan fingerprint density at radius 1 is 1.24 bits per heavy atom. The van der Waals surface area contributed by atoms with E-state index in [1.165, 1.54) is 0 Å². The molecule has 0 aliphatic rings. The number of hydrogen-bond acceptors (Lipinski definition) is 3. The predicted octanol–water partition coefficient (Wildman–Crippen LogP) is 2.08. The zero-order valence-corrected chi connectivity index (χ0v) is 11.7. The van der Waals surface area contributed by atoms with Crippen LogP contribution >= 0.6 is 0 Å². The number of nitrogens with zero attached hydrogens (tertiary/aromatic N) is 1. The molecule has 0 bridgehead atoms. The number of carbonyl (C=O) groups is 2. The molecule has 0 aromatic carbocycles. The molecule has 2 unspecified atom stereocenters. The lowest BCUT2D eigenvalue weighted by Crippen LogP contribution is -2.28. The fourth-order valence-corrected chi connectivity index (χ4v) is 1.32. The first kappa shape index (κ1) is 15.9. The van der Waals surface area contributed by atoms with E-state index in [4.69, 9.17) is 4.74 Å².